The number of carbonyl (C=O) groups excluding carboxylic acids is 2. The van der Waals surface area contributed by atoms with Gasteiger partial charge in [0.05, 0.1) is 11.6 Å². The van der Waals surface area contributed by atoms with E-state index in [1.807, 2.05) is 0 Å². The quantitative estimate of drug-likeness (QED) is 0.789. The van der Waals surface area contributed by atoms with Crippen molar-refractivity contribution in [2.75, 3.05) is 0 Å². The Kier molecular flexibility index (Phi) is 5.40. The summed E-state index contributed by atoms with van der Waals surface area (Å²) in [7, 11) is 0. The number of nitrogens with one attached hydrogen (secondary N) is 1. The highest BCUT2D eigenvalue weighted by Gasteiger charge is 2.44. The van der Waals surface area contributed by atoms with E-state index in [1.165, 1.54) is 37.4 Å². The minimum Gasteiger partial charge on any atom is -0.364 e. The normalized spacial score (nSPS) is 21.8. The topological polar surface area (TPSA) is 97.4 Å². The molecule has 1 aromatic heterocycles. The second kappa shape index (κ2) is 7.51. The number of amidine groups is 1. The Morgan fingerprint density at radius 1 is 1.31 bits per heavy atom. The maximum absolute atomic E-state index is 13.3. The first-order valence-electron chi connectivity index (χ1n) is 8.53. The van der Waals surface area contributed by atoms with Gasteiger partial charge in [-0.1, -0.05) is 30.0 Å². The van der Waals surface area contributed by atoms with Crippen LogP contribution in [0.1, 0.15) is 47.1 Å². The van der Waals surface area contributed by atoms with Crippen LogP contribution in [0.2, 0.25) is 0 Å². The molecule has 0 saturated carbocycles. The van der Waals surface area contributed by atoms with Crippen LogP contribution in [-0.2, 0) is 15.7 Å². The van der Waals surface area contributed by atoms with Crippen LogP contribution in [0, 0.1) is 0 Å². The Bertz CT molecular complexity index is 1010. The highest BCUT2D eigenvalue weighted by Crippen LogP contribution is 2.42. The van der Waals surface area contributed by atoms with Crippen molar-refractivity contribution >= 4 is 28.7 Å². The third-order valence-corrected chi connectivity index (χ3v) is 5.78. The average Bonchev–Trinajstić information content (AvgIpc) is 2.95. The van der Waals surface area contributed by atoms with Crippen molar-refractivity contribution < 1.29 is 22.8 Å². The van der Waals surface area contributed by atoms with Crippen molar-refractivity contribution in [3.8, 4) is 0 Å². The van der Waals surface area contributed by atoms with E-state index < -0.39 is 34.3 Å². The predicted molar refractivity (Wildman–Crippen MR) is 103 cm³/mol. The zero-order chi connectivity index (χ0) is 21.4. The van der Waals surface area contributed by atoms with Gasteiger partial charge in [0, 0.05) is 6.20 Å². The minimum atomic E-state index is -4.51. The summed E-state index contributed by atoms with van der Waals surface area (Å²) in [4.78, 5) is 32.1. The molecule has 2 heterocycles. The summed E-state index contributed by atoms with van der Waals surface area (Å²) in [6.45, 7) is 3.15. The van der Waals surface area contributed by atoms with Crippen molar-refractivity contribution in [2.24, 2.45) is 10.7 Å². The second-order valence-corrected chi connectivity index (χ2v) is 7.99. The third kappa shape index (κ3) is 4.12. The van der Waals surface area contributed by atoms with Crippen molar-refractivity contribution in [1.82, 2.24) is 10.3 Å². The number of thioether (sulfide) groups is 1. The van der Waals surface area contributed by atoms with Gasteiger partial charge >= 0.3 is 6.18 Å². The number of rotatable bonds is 4. The first-order valence-corrected chi connectivity index (χ1v) is 9.34. The number of alkyl halides is 3. The van der Waals surface area contributed by atoms with E-state index in [9.17, 15) is 22.8 Å². The molecule has 152 valence electrons. The summed E-state index contributed by atoms with van der Waals surface area (Å²) >= 11 is 1.06. The van der Waals surface area contributed by atoms with E-state index in [2.05, 4.69) is 15.3 Å². The van der Waals surface area contributed by atoms with E-state index in [0.29, 0.717) is 5.56 Å². The van der Waals surface area contributed by atoms with Crippen molar-refractivity contribution in [1.29, 1.82) is 0 Å². The molecule has 0 radical (unpaired) electrons. The molecule has 3 rings (SSSR count). The van der Waals surface area contributed by atoms with Crippen LogP contribution in [0.25, 0.3) is 0 Å². The number of hydrogen-bond donors (Lipinski definition) is 2. The number of halogens is 3. The lowest BCUT2D eigenvalue weighted by Gasteiger charge is -2.19. The molecule has 0 bridgehead atoms. The maximum Gasteiger partial charge on any atom is 0.416 e. The number of aromatic nitrogens is 1. The Morgan fingerprint density at radius 3 is 2.66 bits per heavy atom. The van der Waals surface area contributed by atoms with Crippen molar-refractivity contribution in [2.45, 2.75) is 30.8 Å². The Balaban J connectivity index is 1.92. The molecule has 2 aromatic rings. The van der Waals surface area contributed by atoms with E-state index in [4.69, 9.17) is 5.73 Å². The smallest absolute Gasteiger partial charge is 0.364 e. The van der Waals surface area contributed by atoms with Gasteiger partial charge < -0.3 is 11.1 Å². The Labute approximate surface area is 168 Å². The number of carbonyl (C=O) groups is 2. The summed E-state index contributed by atoms with van der Waals surface area (Å²) in [5.41, 5.74) is 4.98. The number of aliphatic imine (C=N–C) groups is 1. The van der Waals surface area contributed by atoms with Crippen LogP contribution >= 0.6 is 11.8 Å². The highest BCUT2D eigenvalue weighted by molar-refractivity contribution is 8.15. The molecular weight excluding hydrogens is 405 g/mol. The molecule has 0 aliphatic carbocycles. The van der Waals surface area contributed by atoms with Gasteiger partial charge in [-0.2, -0.15) is 13.2 Å². The molecule has 1 fully saturated rings. The first kappa shape index (κ1) is 20.8. The second-order valence-electron chi connectivity index (χ2n) is 6.58. The molecule has 0 spiro atoms. The number of primary amides is 1. The van der Waals surface area contributed by atoms with E-state index in [1.54, 1.807) is 13.0 Å². The zero-order valence-electron chi connectivity index (χ0n) is 15.4. The SMILES string of the molecule is C[C@H](N=C1NC(=O)C(C)(c2ccnc(C(N)=O)c2)S1)c1ccccc1C(F)(F)F. The summed E-state index contributed by atoms with van der Waals surface area (Å²) in [6, 6.07) is 7.34. The summed E-state index contributed by atoms with van der Waals surface area (Å²) in [5.74, 6) is -1.13. The molecule has 3 N–H and O–H groups in total. The highest BCUT2D eigenvalue weighted by atomic mass is 32.2. The van der Waals surface area contributed by atoms with Crippen LogP contribution in [0.15, 0.2) is 47.6 Å². The fraction of sp³-hybridized carbons (Fsp3) is 0.263. The summed E-state index contributed by atoms with van der Waals surface area (Å²) in [6.07, 6.45) is -3.14. The Hall–Kier alpha value is -2.88. The molecule has 2 amide bonds. The van der Waals surface area contributed by atoms with Gasteiger partial charge in [0.25, 0.3) is 5.91 Å². The summed E-state index contributed by atoms with van der Waals surface area (Å²) in [5, 5.41) is 2.80. The standard InChI is InChI=1S/C19H17F3N4O2S/c1-10(12-5-3-4-6-13(12)19(20,21)22)25-17-26-16(28)18(2,29-17)11-7-8-24-14(9-11)15(23)27/h3-10H,1-2H3,(H2,23,27)(H,25,26,28)/t10-,18?/m0/s1. The van der Waals surface area contributed by atoms with E-state index in [-0.39, 0.29) is 16.4 Å². The molecule has 1 aliphatic heterocycles. The van der Waals surface area contributed by atoms with Crippen LogP contribution in [0.3, 0.4) is 0 Å². The Morgan fingerprint density at radius 2 is 2.00 bits per heavy atom. The number of hydrogen-bond acceptors (Lipinski definition) is 5. The minimum absolute atomic E-state index is 0.00925. The lowest BCUT2D eigenvalue weighted by molar-refractivity contribution is -0.138. The molecule has 6 nitrogen and oxygen atoms in total. The largest absolute Gasteiger partial charge is 0.416 e. The maximum atomic E-state index is 13.3. The molecule has 2 atom stereocenters. The monoisotopic (exact) mass is 422 g/mol. The third-order valence-electron chi connectivity index (χ3n) is 4.54. The molecule has 1 saturated heterocycles. The van der Waals surface area contributed by atoms with Crippen molar-refractivity contribution in [3.63, 3.8) is 0 Å². The van der Waals surface area contributed by atoms with Gasteiger partial charge in [0.2, 0.25) is 5.91 Å². The van der Waals surface area contributed by atoms with E-state index >= 15 is 0 Å². The zero-order valence-corrected chi connectivity index (χ0v) is 16.3. The number of nitrogens with two attached hydrogens (primary N) is 1. The number of benzene rings is 1. The predicted octanol–water partition coefficient (Wildman–Crippen LogP) is 3.39. The molecule has 10 heteroatoms. The van der Waals surface area contributed by atoms with Crippen LogP contribution in [0.4, 0.5) is 13.2 Å². The lowest BCUT2D eigenvalue weighted by Crippen LogP contribution is -2.32. The van der Waals surface area contributed by atoms with E-state index in [0.717, 1.165) is 17.8 Å². The van der Waals surface area contributed by atoms with Gasteiger partial charge in [0.1, 0.15) is 10.4 Å². The van der Waals surface area contributed by atoms with Crippen LogP contribution in [0.5, 0.6) is 0 Å². The molecule has 1 aliphatic rings. The van der Waals surface area contributed by atoms with Gasteiger partial charge in [-0.25, -0.2) is 0 Å². The fourth-order valence-corrected chi connectivity index (χ4v) is 4.09. The molecule has 1 unspecified atom stereocenters. The fourth-order valence-electron chi connectivity index (χ4n) is 2.96. The van der Waals surface area contributed by atoms with Crippen molar-refractivity contribution in [3.05, 3.63) is 65.0 Å². The van der Waals surface area contributed by atoms with Gasteiger partial charge in [-0.05, 0) is 43.2 Å². The van der Waals surface area contributed by atoms with Crippen LogP contribution in [-0.4, -0.2) is 22.0 Å². The van der Waals surface area contributed by atoms with Gasteiger partial charge in [-0.3, -0.25) is 19.6 Å². The van der Waals surface area contributed by atoms with Gasteiger partial charge in [-0.15, -0.1) is 0 Å². The first-order chi connectivity index (χ1) is 13.5. The molecule has 1 aromatic carbocycles. The van der Waals surface area contributed by atoms with Crippen LogP contribution < -0.4 is 11.1 Å². The number of amides is 2. The molecule has 29 heavy (non-hydrogen) atoms. The number of nitrogens with zero attached hydrogens (tertiary/aromatic N) is 2. The molecular formula is C19H17F3N4O2S. The summed E-state index contributed by atoms with van der Waals surface area (Å²) < 4.78 is 38.7. The lowest BCUT2D eigenvalue weighted by atomic mass is 9.99. The number of pyridine rings is 1. The van der Waals surface area contributed by atoms with Gasteiger partial charge in [0.15, 0.2) is 5.17 Å². The average molecular weight is 422 g/mol.